The first kappa shape index (κ1) is 14.0. The van der Waals surface area contributed by atoms with Crippen LogP contribution in [0.4, 0.5) is 0 Å². The molecule has 0 bridgehead atoms. The molecule has 0 saturated carbocycles. The number of carbonyl (C=O) groups is 1. The molecule has 0 spiro atoms. The highest BCUT2D eigenvalue weighted by Crippen LogP contribution is 2.34. The van der Waals surface area contributed by atoms with Gasteiger partial charge in [0.15, 0.2) is 11.9 Å². The van der Waals surface area contributed by atoms with Crippen molar-refractivity contribution in [2.45, 2.75) is 31.3 Å². The molecule has 104 valence electrons. The van der Waals surface area contributed by atoms with Crippen molar-refractivity contribution in [3.8, 4) is 0 Å². The Kier molecular flexibility index (Phi) is 4.19. The third-order valence-electron chi connectivity index (χ3n) is 3.20. The molecule has 19 heavy (non-hydrogen) atoms. The van der Waals surface area contributed by atoms with Crippen LogP contribution >= 0.6 is 0 Å². The van der Waals surface area contributed by atoms with Gasteiger partial charge in [-0.3, -0.25) is 0 Å². The van der Waals surface area contributed by atoms with Crippen molar-refractivity contribution < 1.29 is 24.1 Å². The molecule has 5 nitrogen and oxygen atoms in total. The number of hydrogen-bond acceptors (Lipinski definition) is 5. The highest BCUT2D eigenvalue weighted by molar-refractivity contribution is 5.89. The molecule has 0 aromatic heterocycles. The Morgan fingerprint density at radius 2 is 2.16 bits per heavy atom. The highest BCUT2D eigenvalue weighted by Gasteiger charge is 2.48. The van der Waals surface area contributed by atoms with E-state index >= 15 is 0 Å². The summed E-state index contributed by atoms with van der Waals surface area (Å²) in [6.45, 7) is 1.62. The maximum absolute atomic E-state index is 12.1. The lowest BCUT2D eigenvalue weighted by molar-refractivity contribution is -0.184. The van der Waals surface area contributed by atoms with Crippen LogP contribution in [0.25, 0.3) is 0 Å². The smallest absolute Gasteiger partial charge is 0.338 e. The van der Waals surface area contributed by atoms with Crippen LogP contribution in [-0.4, -0.2) is 42.8 Å². The number of ether oxygens (including phenoxy) is 3. The molecule has 0 unspecified atom stereocenters. The lowest BCUT2D eigenvalue weighted by Gasteiger charge is -2.28. The minimum Gasteiger partial charge on any atom is -0.450 e. The number of esters is 1. The molecule has 5 heteroatoms. The molecule has 1 N–H and O–H groups in total. The molecule has 1 heterocycles. The third kappa shape index (κ3) is 2.94. The molecule has 3 atom stereocenters. The largest absolute Gasteiger partial charge is 0.450 e. The minimum atomic E-state index is -0.894. The Balaban J connectivity index is 2.10. The van der Waals surface area contributed by atoms with Gasteiger partial charge in [-0.05, 0) is 19.1 Å². The van der Waals surface area contributed by atoms with E-state index in [1.165, 1.54) is 7.11 Å². The average molecular weight is 266 g/mol. The molecule has 0 aliphatic carbocycles. The maximum Gasteiger partial charge on any atom is 0.338 e. The van der Waals surface area contributed by atoms with Gasteiger partial charge in [-0.15, -0.1) is 0 Å². The zero-order valence-electron chi connectivity index (χ0n) is 11.0. The van der Waals surface area contributed by atoms with Gasteiger partial charge in [0.25, 0.3) is 0 Å². The second kappa shape index (κ2) is 5.69. The summed E-state index contributed by atoms with van der Waals surface area (Å²) < 4.78 is 16.2. The lowest BCUT2D eigenvalue weighted by Crippen LogP contribution is -2.41. The topological polar surface area (TPSA) is 65.0 Å². The Bertz CT molecular complexity index is 433. The van der Waals surface area contributed by atoms with Crippen LogP contribution < -0.4 is 0 Å². The van der Waals surface area contributed by atoms with Crippen LogP contribution in [0.2, 0.25) is 0 Å². The van der Waals surface area contributed by atoms with E-state index in [0.717, 1.165) is 0 Å². The molecule has 1 fully saturated rings. The molecule has 1 saturated heterocycles. The van der Waals surface area contributed by atoms with Crippen molar-refractivity contribution in [3.05, 3.63) is 35.9 Å². The van der Waals surface area contributed by atoms with Crippen molar-refractivity contribution >= 4 is 5.97 Å². The van der Waals surface area contributed by atoms with E-state index in [1.54, 1.807) is 31.2 Å². The first-order chi connectivity index (χ1) is 9.09. The standard InChI is InChI=1S/C14H18O5/c1-14(8-11(9-15)18-13(14)17-2)19-12(16)10-6-4-3-5-7-10/h3-7,11,13,15H,8-9H2,1-2H3/t11-,13-,14+/m0/s1. The number of aliphatic hydroxyl groups is 1. The number of hydrogen-bond donors (Lipinski definition) is 1. The Labute approximate surface area is 112 Å². The van der Waals surface area contributed by atoms with Gasteiger partial charge in [-0.25, -0.2) is 4.79 Å². The van der Waals surface area contributed by atoms with Crippen LogP contribution in [0, 0.1) is 0 Å². The van der Waals surface area contributed by atoms with E-state index in [1.807, 2.05) is 6.07 Å². The van der Waals surface area contributed by atoms with Gasteiger partial charge < -0.3 is 19.3 Å². The van der Waals surface area contributed by atoms with Crippen molar-refractivity contribution in [2.24, 2.45) is 0 Å². The predicted molar refractivity (Wildman–Crippen MR) is 67.6 cm³/mol. The van der Waals surface area contributed by atoms with Gasteiger partial charge in [0, 0.05) is 13.5 Å². The Hall–Kier alpha value is -1.43. The number of rotatable bonds is 4. The second-order valence-corrected chi connectivity index (χ2v) is 4.78. The molecule has 1 aromatic carbocycles. The summed E-state index contributed by atoms with van der Waals surface area (Å²) in [4.78, 5) is 12.1. The van der Waals surface area contributed by atoms with Crippen LogP contribution in [0.3, 0.4) is 0 Å². The van der Waals surface area contributed by atoms with Crippen LogP contribution in [-0.2, 0) is 14.2 Å². The van der Waals surface area contributed by atoms with Gasteiger partial charge >= 0.3 is 5.97 Å². The SMILES string of the molecule is CO[C@H]1O[C@H](CO)C[C@@]1(C)OC(=O)c1ccccc1. The summed E-state index contributed by atoms with van der Waals surface area (Å²) >= 11 is 0. The zero-order valence-corrected chi connectivity index (χ0v) is 11.0. The predicted octanol–water partition coefficient (Wildman–Crippen LogP) is 1.36. The quantitative estimate of drug-likeness (QED) is 0.833. The van der Waals surface area contributed by atoms with E-state index in [4.69, 9.17) is 19.3 Å². The molecule has 0 radical (unpaired) electrons. The zero-order chi connectivity index (χ0) is 13.9. The number of methoxy groups -OCH3 is 1. The first-order valence-electron chi connectivity index (χ1n) is 6.16. The summed E-state index contributed by atoms with van der Waals surface area (Å²) in [6.07, 6.45) is -0.642. The molecular weight excluding hydrogens is 248 g/mol. The fourth-order valence-corrected chi connectivity index (χ4v) is 2.26. The van der Waals surface area contributed by atoms with E-state index < -0.39 is 17.9 Å². The fraction of sp³-hybridized carbons (Fsp3) is 0.500. The van der Waals surface area contributed by atoms with Crippen molar-refractivity contribution in [1.82, 2.24) is 0 Å². The normalized spacial score (nSPS) is 30.3. The fourth-order valence-electron chi connectivity index (χ4n) is 2.26. The highest BCUT2D eigenvalue weighted by atomic mass is 16.7. The van der Waals surface area contributed by atoms with Crippen molar-refractivity contribution in [3.63, 3.8) is 0 Å². The van der Waals surface area contributed by atoms with Crippen LogP contribution in [0.15, 0.2) is 30.3 Å². The van der Waals surface area contributed by atoms with Gasteiger partial charge in [-0.2, -0.15) is 0 Å². The van der Waals surface area contributed by atoms with E-state index in [2.05, 4.69) is 0 Å². The summed E-state index contributed by atoms with van der Waals surface area (Å²) in [5, 5.41) is 9.14. The summed E-state index contributed by atoms with van der Waals surface area (Å²) in [5.41, 5.74) is -0.416. The Morgan fingerprint density at radius 1 is 1.47 bits per heavy atom. The molecular formula is C14H18O5. The van der Waals surface area contributed by atoms with Crippen LogP contribution in [0.1, 0.15) is 23.7 Å². The number of aliphatic hydroxyl groups excluding tert-OH is 1. The first-order valence-corrected chi connectivity index (χ1v) is 6.16. The third-order valence-corrected chi connectivity index (χ3v) is 3.20. The maximum atomic E-state index is 12.1. The van der Waals surface area contributed by atoms with Gasteiger partial charge in [0.2, 0.25) is 0 Å². The van der Waals surface area contributed by atoms with Gasteiger partial charge in [0.05, 0.1) is 18.3 Å². The number of carbonyl (C=O) groups excluding carboxylic acids is 1. The van der Waals surface area contributed by atoms with E-state index in [-0.39, 0.29) is 12.7 Å². The molecule has 2 rings (SSSR count). The van der Waals surface area contributed by atoms with Crippen LogP contribution in [0.5, 0.6) is 0 Å². The van der Waals surface area contributed by atoms with Crippen molar-refractivity contribution in [1.29, 1.82) is 0 Å². The second-order valence-electron chi connectivity index (χ2n) is 4.78. The average Bonchev–Trinajstić information content (AvgIpc) is 2.75. The van der Waals surface area contributed by atoms with Crippen molar-refractivity contribution in [2.75, 3.05) is 13.7 Å². The van der Waals surface area contributed by atoms with E-state index in [0.29, 0.717) is 12.0 Å². The Morgan fingerprint density at radius 3 is 2.74 bits per heavy atom. The summed E-state index contributed by atoms with van der Waals surface area (Å²) in [6, 6.07) is 8.75. The monoisotopic (exact) mass is 266 g/mol. The van der Waals surface area contributed by atoms with Gasteiger partial charge in [-0.1, -0.05) is 18.2 Å². The summed E-state index contributed by atoms with van der Waals surface area (Å²) in [7, 11) is 1.49. The molecule has 1 aliphatic rings. The lowest BCUT2D eigenvalue weighted by atomic mass is 10.0. The molecule has 1 aliphatic heterocycles. The molecule has 0 amide bonds. The number of benzene rings is 1. The van der Waals surface area contributed by atoms with Gasteiger partial charge in [0.1, 0.15) is 0 Å². The minimum absolute atomic E-state index is 0.127. The molecule has 1 aromatic rings. The van der Waals surface area contributed by atoms with E-state index in [9.17, 15) is 4.79 Å². The summed E-state index contributed by atoms with van der Waals surface area (Å²) in [5.74, 6) is -0.424.